The van der Waals surface area contributed by atoms with Crippen LogP contribution in [-0.2, 0) is 6.61 Å². The molecule has 140 valence electrons. The lowest BCUT2D eigenvalue weighted by Gasteiger charge is -2.12. The van der Waals surface area contributed by atoms with Crippen LogP contribution in [0.15, 0.2) is 41.1 Å². The third kappa shape index (κ3) is 4.08. The van der Waals surface area contributed by atoms with Gasteiger partial charge in [0.15, 0.2) is 11.5 Å². The van der Waals surface area contributed by atoms with Crippen LogP contribution in [0.3, 0.4) is 0 Å². The van der Waals surface area contributed by atoms with E-state index in [2.05, 4.69) is 15.5 Å². The topological polar surface area (TPSA) is 86.5 Å². The van der Waals surface area contributed by atoms with Gasteiger partial charge < -0.3 is 19.3 Å². The van der Waals surface area contributed by atoms with Crippen LogP contribution < -0.4 is 14.8 Å². The van der Waals surface area contributed by atoms with Crippen molar-refractivity contribution in [2.45, 2.75) is 27.4 Å². The van der Waals surface area contributed by atoms with Crippen LogP contribution in [0, 0.1) is 20.8 Å². The first-order valence-corrected chi connectivity index (χ1v) is 8.45. The van der Waals surface area contributed by atoms with E-state index in [1.54, 1.807) is 24.4 Å². The average molecular weight is 367 g/mol. The molecule has 0 aliphatic heterocycles. The molecule has 0 bridgehead atoms. The minimum atomic E-state index is -0.271. The zero-order valence-electron chi connectivity index (χ0n) is 15.7. The molecule has 1 amide bonds. The Morgan fingerprint density at radius 1 is 1.19 bits per heavy atom. The summed E-state index contributed by atoms with van der Waals surface area (Å²) in [4.78, 5) is 16.7. The van der Waals surface area contributed by atoms with Gasteiger partial charge in [0.2, 0.25) is 0 Å². The number of rotatable bonds is 6. The molecule has 0 saturated carbocycles. The fourth-order valence-electron chi connectivity index (χ4n) is 2.58. The Hall–Kier alpha value is -3.35. The Morgan fingerprint density at radius 2 is 2.00 bits per heavy atom. The summed E-state index contributed by atoms with van der Waals surface area (Å²) in [5, 5.41) is 6.71. The number of carbonyl (C=O) groups excluding carboxylic acids is 1. The summed E-state index contributed by atoms with van der Waals surface area (Å²) in [5.41, 5.74) is 3.01. The second kappa shape index (κ2) is 7.90. The van der Waals surface area contributed by atoms with Gasteiger partial charge >= 0.3 is 0 Å². The molecular weight excluding hydrogens is 346 g/mol. The van der Waals surface area contributed by atoms with Crippen LogP contribution in [-0.4, -0.2) is 23.2 Å². The molecule has 0 fully saturated rings. The van der Waals surface area contributed by atoms with Crippen molar-refractivity contribution in [1.82, 2.24) is 10.1 Å². The van der Waals surface area contributed by atoms with Gasteiger partial charge in [-0.15, -0.1) is 0 Å². The summed E-state index contributed by atoms with van der Waals surface area (Å²) in [6.07, 6.45) is 1.63. The van der Waals surface area contributed by atoms with Gasteiger partial charge in [0.05, 0.1) is 18.4 Å². The van der Waals surface area contributed by atoms with E-state index in [9.17, 15) is 4.79 Å². The Labute approximate surface area is 157 Å². The fourth-order valence-corrected chi connectivity index (χ4v) is 2.58. The van der Waals surface area contributed by atoms with E-state index in [1.165, 1.54) is 7.11 Å². The molecule has 1 aromatic carbocycles. The average Bonchev–Trinajstić information content (AvgIpc) is 2.99. The molecule has 0 aliphatic rings. The van der Waals surface area contributed by atoms with Crippen molar-refractivity contribution in [3.05, 3.63) is 64.7 Å². The number of methoxy groups -OCH3 is 1. The monoisotopic (exact) mass is 367 g/mol. The smallest absolute Gasteiger partial charge is 0.256 e. The van der Waals surface area contributed by atoms with Gasteiger partial charge in [0, 0.05) is 11.8 Å². The number of ether oxygens (including phenoxy) is 2. The van der Waals surface area contributed by atoms with Crippen LogP contribution in [0.4, 0.5) is 5.82 Å². The first-order valence-electron chi connectivity index (χ1n) is 8.45. The summed E-state index contributed by atoms with van der Waals surface area (Å²) >= 11 is 0. The molecule has 0 radical (unpaired) electrons. The Kier molecular flexibility index (Phi) is 5.40. The third-order valence-electron chi connectivity index (χ3n) is 4.22. The van der Waals surface area contributed by atoms with Gasteiger partial charge in [-0.3, -0.25) is 4.79 Å². The second-order valence-electron chi connectivity index (χ2n) is 6.08. The Bertz CT molecular complexity index is 946. The standard InChI is InChI=1S/C20H21N3O4/c1-12-6-5-9-21-19(12)22-20(24)15-7-8-17(18(10-15)25-4)26-11-16-13(2)23-27-14(16)3/h5-10H,11H2,1-4H3,(H,21,22,24). The van der Waals surface area contributed by atoms with Gasteiger partial charge in [-0.05, 0) is 50.6 Å². The number of nitrogens with zero attached hydrogens (tertiary/aromatic N) is 2. The van der Waals surface area contributed by atoms with Gasteiger partial charge in [-0.1, -0.05) is 11.2 Å². The van der Waals surface area contributed by atoms with Crippen LogP contribution in [0.2, 0.25) is 0 Å². The van der Waals surface area contributed by atoms with Crippen LogP contribution in [0.5, 0.6) is 11.5 Å². The molecule has 2 aromatic heterocycles. The number of benzene rings is 1. The number of anilines is 1. The molecular formula is C20H21N3O4. The van der Waals surface area contributed by atoms with Crippen molar-refractivity contribution >= 4 is 11.7 Å². The normalized spacial score (nSPS) is 10.5. The van der Waals surface area contributed by atoms with E-state index < -0.39 is 0 Å². The van der Waals surface area contributed by atoms with E-state index in [1.807, 2.05) is 32.9 Å². The Morgan fingerprint density at radius 3 is 2.67 bits per heavy atom. The lowest BCUT2D eigenvalue weighted by molar-refractivity contribution is 0.102. The number of aryl methyl sites for hydroxylation is 3. The predicted octanol–water partition coefficient (Wildman–Crippen LogP) is 3.83. The van der Waals surface area contributed by atoms with Crippen LogP contribution in [0.1, 0.15) is 32.9 Å². The Balaban J connectivity index is 1.75. The van der Waals surface area contributed by atoms with Crippen LogP contribution in [0.25, 0.3) is 0 Å². The molecule has 0 saturated heterocycles. The fraction of sp³-hybridized carbons (Fsp3) is 0.250. The van der Waals surface area contributed by atoms with Crippen molar-refractivity contribution in [2.24, 2.45) is 0 Å². The van der Waals surface area contributed by atoms with Gasteiger partial charge in [-0.25, -0.2) is 4.98 Å². The van der Waals surface area contributed by atoms with Crippen LogP contribution >= 0.6 is 0 Å². The largest absolute Gasteiger partial charge is 0.493 e. The molecule has 1 N–H and O–H groups in total. The molecule has 0 spiro atoms. The van der Waals surface area contributed by atoms with E-state index >= 15 is 0 Å². The number of pyridine rings is 1. The third-order valence-corrected chi connectivity index (χ3v) is 4.22. The molecule has 3 rings (SSSR count). The number of hydrogen-bond acceptors (Lipinski definition) is 6. The molecule has 0 atom stereocenters. The summed E-state index contributed by atoms with van der Waals surface area (Å²) in [6, 6.07) is 8.72. The summed E-state index contributed by atoms with van der Waals surface area (Å²) < 4.78 is 16.4. The van der Waals surface area contributed by atoms with E-state index in [4.69, 9.17) is 14.0 Å². The number of nitrogens with one attached hydrogen (secondary N) is 1. The first kappa shape index (κ1) is 18.4. The number of hydrogen-bond donors (Lipinski definition) is 1. The van der Waals surface area contributed by atoms with E-state index in [0.29, 0.717) is 35.2 Å². The predicted molar refractivity (Wildman–Crippen MR) is 100 cm³/mol. The quantitative estimate of drug-likeness (QED) is 0.712. The molecule has 3 aromatic rings. The molecule has 7 heteroatoms. The highest BCUT2D eigenvalue weighted by Crippen LogP contribution is 2.30. The summed E-state index contributed by atoms with van der Waals surface area (Å²) in [7, 11) is 1.53. The highest BCUT2D eigenvalue weighted by molar-refractivity contribution is 6.04. The maximum absolute atomic E-state index is 12.5. The summed E-state index contributed by atoms with van der Waals surface area (Å²) in [5.74, 6) is 1.97. The van der Waals surface area contributed by atoms with Crippen molar-refractivity contribution in [1.29, 1.82) is 0 Å². The first-order chi connectivity index (χ1) is 13.0. The van der Waals surface area contributed by atoms with Crippen molar-refractivity contribution in [2.75, 3.05) is 12.4 Å². The number of carbonyl (C=O) groups is 1. The van der Waals surface area contributed by atoms with E-state index in [0.717, 1.165) is 16.8 Å². The zero-order valence-corrected chi connectivity index (χ0v) is 15.7. The molecule has 27 heavy (non-hydrogen) atoms. The maximum atomic E-state index is 12.5. The number of amides is 1. The minimum Gasteiger partial charge on any atom is -0.493 e. The molecule has 2 heterocycles. The maximum Gasteiger partial charge on any atom is 0.256 e. The van der Waals surface area contributed by atoms with Gasteiger partial charge in [0.1, 0.15) is 18.2 Å². The van der Waals surface area contributed by atoms with Crippen molar-refractivity contribution in [3.63, 3.8) is 0 Å². The molecule has 0 unspecified atom stereocenters. The highest BCUT2D eigenvalue weighted by atomic mass is 16.5. The zero-order chi connectivity index (χ0) is 19.4. The SMILES string of the molecule is COc1cc(C(=O)Nc2ncccc2C)ccc1OCc1c(C)noc1C. The second-order valence-corrected chi connectivity index (χ2v) is 6.08. The van der Waals surface area contributed by atoms with Crippen molar-refractivity contribution < 1.29 is 18.8 Å². The highest BCUT2D eigenvalue weighted by Gasteiger charge is 2.15. The number of aromatic nitrogens is 2. The van der Waals surface area contributed by atoms with Gasteiger partial charge in [-0.2, -0.15) is 0 Å². The lowest BCUT2D eigenvalue weighted by atomic mass is 10.1. The van der Waals surface area contributed by atoms with Gasteiger partial charge in [0.25, 0.3) is 5.91 Å². The molecule has 7 nitrogen and oxygen atoms in total. The minimum absolute atomic E-state index is 0.271. The van der Waals surface area contributed by atoms with Crippen molar-refractivity contribution in [3.8, 4) is 11.5 Å². The van der Waals surface area contributed by atoms with E-state index in [-0.39, 0.29) is 5.91 Å². The summed E-state index contributed by atoms with van der Waals surface area (Å²) in [6.45, 7) is 5.88. The molecule has 0 aliphatic carbocycles. The lowest BCUT2D eigenvalue weighted by Crippen LogP contribution is -2.14.